The van der Waals surface area contributed by atoms with Crippen LogP contribution >= 0.6 is 0 Å². The molecule has 0 saturated heterocycles. The number of carbonyl (C=O) groups excluding carboxylic acids is 1. The van der Waals surface area contributed by atoms with E-state index in [1.807, 2.05) is 54.6 Å². The van der Waals surface area contributed by atoms with Crippen molar-refractivity contribution in [2.24, 2.45) is 0 Å². The van der Waals surface area contributed by atoms with Crippen LogP contribution in [0.4, 0.5) is 5.69 Å². The lowest BCUT2D eigenvalue weighted by atomic mass is 10.1. The minimum atomic E-state index is -0.103. The average Bonchev–Trinajstić information content (AvgIpc) is 3.11. The minimum Gasteiger partial charge on any atom is -0.325 e. The first-order valence-electron chi connectivity index (χ1n) is 9.31. The first-order valence-corrected chi connectivity index (χ1v) is 9.31. The molecular formula is C23H19N3O2. The number of nitrogens with zero attached hydrogens (tertiary/aromatic N) is 1. The van der Waals surface area contributed by atoms with Crippen LogP contribution in [0.1, 0.15) is 11.1 Å². The molecule has 0 atom stereocenters. The van der Waals surface area contributed by atoms with Gasteiger partial charge in [-0.05, 0) is 40.8 Å². The normalized spacial score (nSPS) is 13.7. The second-order valence-corrected chi connectivity index (χ2v) is 7.22. The Bertz CT molecular complexity index is 1250. The van der Waals surface area contributed by atoms with Gasteiger partial charge in [-0.25, -0.2) is 0 Å². The molecule has 0 aliphatic carbocycles. The number of pyridine rings is 1. The predicted octanol–water partition coefficient (Wildman–Crippen LogP) is 3.64. The molecule has 3 aromatic carbocycles. The Labute approximate surface area is 161 Å². The van der Waals surface area contributed by atoms with Crippen LogP contribution in [0, 0.1) is 0 Å². The van der Waals surface area contributed by atoms with Crippen molar-refractivity contribution >= 4 is 33.3 Å². The van der Waals surface area contributed by atoms with E-state index >= 15 is 0 Å². The maximum Gasteiger partial charge on any atom is 0.256 e. The van der Waals surface area contributed by atoms with Crippen molar-refractivity contribution in [3.8, 4) is 0 Å². The van der Waals surface area contributed by atoms with E-state index in [0.29, 0.717) is 11.9 Å². The lowest BCUT2D eigenvalue weighted by Gasteiger charge is -2.15. The smallest absolute Gasteiger partial charge is 0.256 e. The molecule has 1 amide bonds. The highest BCUT2D eigenvalue weighted by Crippen LogP contribution is 2.25. The maximum absolute atomic E-state index is 12.6. The van der Waals surface area contributed by atoms with Crippen molar-refractivity contribution in [1.29, 1.82) is 0 Å². The fraction of sp³-hybridized carbons (Fsp3) is 0.130. The van der Waals surface area contributed by atoms with E-state index in [2.05, 4.69) is 27.3 Å². The third-order valence-electron chi connectivity index (χ3n) is 5.29. The molecule has 1 aliphatic heterocycles. The fourth-order valence-corrected chi connectivity index (χ4v) is 3.98. The minimum absolute atomic E-state index is 0.0408. The molecule has 2 N–H and O–H groups in total. The van der Waals surface area contributed by atoms with Crippen molar-refractivity contribution in [3.05, 3.63) is 88.2 Å². The summed E-state index contributed by atoms with van der Waals surface area (Å²) < 4.78 is 0. The SMILES string of the molecule is O=C(CN1Cc2ccccc2C1)Nc1ccc2[nH]c(=O)c3ccccc3c2c1. The molecule has 0 fully saturated rings. The number of amides is 1. The van der Waals surface area contributed by atoms with E-state index in [9.17, 15) is 9.59 Å². The first kappa shape index (κ1) is 16.7. The summed E-state index contributed by atoms with van der Waals surface area (Å²) in [5, 5.41) is 5.44. The van der Waals surface area contributed by atoms with Crippen molar-refractivity contribution in [3.63, 3.8) is 0 Å². The van der Waals surface area contributed by atoms with Crippen LogP contribution in [0.5, 0.6) is 0 Å². The third-order valence-corrected chi connectivity index (χ3v) is 5.29. The highest BCUT2D eigenvalue weighted by molar-refractivity contribution is 6.07. The molecule has 28 heavy (non-hydrogen) atoms. The van der Waals surface area contributed by atoms with Gasteiger partial charge in [0.1, 0.15) is 0 Å². The van der Waals surface area contributed by atoms with E-state index in [-0.39, 0.29) is 11.5 Å². The Morgan fingerprint density at radius 1 is 0.893 bits per heavy atom. The van der Waals surface area contributed by atoms with Crippen molar-refractivity contribution in [1.82, 2.24) is 9.88 Å². The van der Waals surface area contributed by atoms with E-state index in [1.165, 1.54) is 11.1 Å². The predicted molar refractivity (Wildman–Crippen MR) is 111 cm³/mol. The highest BCUT2D eigenvalue weighted by atomic mass is 16.2. The number of hydrogen-bond acceptors (Lipinski definition) is 3. The van der Waals surface area contributed by atoms with E-state index in [4.69, 9.17) is 0 Å². The number of fused-ring (bicyclic) bond motifs is 4. The molecule has 5 rings (SSSR count). The second kappa shape index (κ2) is 6.62. The molecule has 5 nitrogen and oxygen atoms in total. The van der Waals surface area contributed by atoms with E-state index in [0.717, 1.165) is 35.1 Å². The Morgan fingerprint density at radius 3 is 2.32 bits per heavy atom. The molecule has 1 aliphatic rings. The molecule has 0 spiro atoms. The topological polar surface area (TPSA) is 65.2 Å². The molecule has 0 bridgehead atoms. The van der Waals surface area contributed by atoms with Gasteiger partial charge in [-0.2, -0.15) is 0 Å². The number of carbonyl (C=O) groups is 1. The Kier molecular flexibility index (Phi) is 3.95. The van der Waals surface area contributed by atoms with Gasteiger partial charge in [-0.3, -0.25) is 14.5 Å². The lowest BCUT2D eigenvalue weighted by Crippen LogP contribution is -2.29. The number of hydrogen-bond donors (Lipinski definition) is 2. The van der Waals surface area contributed by atoms with Gasteiger partial charge in [0.2, 0.25) is 5.91 Å². The van der Waals surface area contributed by atoms with Gasteiger partial charge < -0.3 is 10.3 Å². The van der Waals surface area contributed by atoms with E-state index in [1.54, 1.807) is 0 Å². The van der Waals surface area contributed by atoms with Crippen LogP contribution in [0.3, 0.4) is 0 Å². The average molecular weight is 369 g/mol. The zero-order valence-electron chi connectivity index (χ0n) is 15.2. The van der Waals surface area contributed by atoms with Gasteiger partial charge in [-0.15, -0.1) is 0 Å². The van der Waals surface area contributed by atoms with Gasteiger partial charge in [0.05, 0.1) is 6.54 Å². The number of aromatic amines is 1. The molecule has 0 unspecified atom stereocenters. The van der Waals surface area contributed by atoms with Gasteiger partial charge in [0.15, 0.2) is 0 Å². The zero-order valence-corrected chi connectivity index (χ0v) is 15.2. The third kappa shape index (κ3) is 2.96. The van der Waals surface area contributed by atoms with Gasteiger partial charge in [0, 0.05) is 35.1 Å². The number of rotatable bonds is 3. The maximum atomic E-state index is 12.6. The molecule has 0 radical (unpaired) electrons. The summed E-state index contributed by atoms with van der Waals surface area (Å²) in [6.45, 7) is 1.94. The van der Waals surface area contributed by atoms with E-state index < -0.39 is 0 Å². The second-order valence-electron chi connectivity index (χ2n) is 7.22. The number of H-pyrrole nitrogens is 1. The van der Waals surface area contributed by atoms with Crippen molar-refractivity contribution < 1.29 is 4.79 Å². The quantitative estimate of drug-likeness (QED) is 0.542. The molecule has 138 valence electrons. The number of aromatic nitrogens is 1. The van der Waals surface area contributed by atoms with Gasteiger partial charge in [0.25, 0.3) is 5.56 Å². The van der Waals surface area contributed by atoms with Gasteiger partial charge >= 0.3 is 0 Å². The molecule has 5 heteroatoms. The summed E-state index contributed by atoms with van der Waals surface area (Å²) in [6, 6.07) is 21.4. The molecule has 0 saturated carbocycles. The Balaban J connectivity index is 1.38. The summed E-state index contributed by atoms with van der Waals surface area (Å²) in [6.07, 6.45) is 0. The molecular weight excluding hydrogens is 350 g/mol. The summed E-state index contributed by atoms with van der Waals surface area (Å²) in [5.41, 5.74) is 3.96. The Hall–Kier alpha value is -3.44. The zero-order chi connectivity index (χ0) is 19.1. The number of anilines is 1. The van der Waals surface area contributed by atoms with Crippen molar-refractivity contribution in [2.75, 3.05) is 11.9 Å². The van der Waals surface area contributed by atoms with Crippen LogP contribution in [-0.2, 0) is 17.9 Å². The molecule has 1 aromatic heterocycles. The van der Waals surface area contributed by atoms with Crippen LogP contribution < -0.4 is 10.9 Å². The summed E-state index contributed by atoms with van der Waals surface area (Å²) >= 11 is 0. The van der Waals surface area contributed by atoms with Crippen molar-refractivity contribution in [2.45, 2.75) is 13.1 Å². The van der Waals surface area contributed by atoms with Gasteiger partial charge in [-0.1, -0.05) is 42.5 Å². The van der Waals surface area contributed by atoms with Crippen LogP contribution in [0.25, 0.3) is 21.7 Å². The van der Waals surface area contributed by atoms with Crippen LogP contribution in [-0.4, -0.2) is 22.3 Å². The first-order chi connectivity index (χ1) is 13.7. The number of nitrogens with one attached hydrogen (secondary N) is 2. The summed E-state index contributed by atoms with van der Waals surface area (Å²) in [7, 11) is 0. The lowest BCUT2D eigenvalue weighted by molar-refractivity contribution is -0.117. The Morgan fingerprint density at radius 2 is 1.57 bits per heavy atom. The molecule has 4 aromatic rings. The van der Waals surface area contributed by atoms with Crippen LogP contribution in [0.2, 0.25) is 0 Å². The summed E-state index contributed by atoms with van der Waals surface area (Å²) in [5.74, 6) is -0.0408. The highest BCUT2D eigenvalue weighted by Gasteiger charge is 2.20. The summed E-state index contributed by atoms with van der Waals surface area (Å²) in [4.78, 5) is 29.8. The monoisotopic (exact) mass is 369 g/mol. The largest absolute Gasteiger partial charge is 0.325 e. The fourth-order valence-electron chi connectivity index (χ4n) is 3.98. The number of benzene rings is 3. The molecule has 2 heterocycles. The standard InChI is InChI=1S/C23H19N3O2/c27-22(14-26-12-15-5-1-2-6-16(15)13-26)24-17-9-10-21-20(11-17)18-7-3-4-8-19(18)23(28)25-21/h1-11H,12-14H2,(H,24,27)(H,25,28). The van der Waals surface area contributed by atoms with Crippen LogP contribution in [0.15, 0.2) is 71.5 Å².